The smallest absolute Gasteiger partial charge is 0.228 e. The normalized spacial score (nSPS) is 22.6. The van der Waals surface area contributed by atoms with E-state index in [1.807, 2.05) is 18.2 Å². The van der Waals surface area contributed by atoms with Gasteiger partial charge in [-0.05, 0) is 42.2 Å². The first-order chi connectivity index (χ1) is 13.1. The summed E-state index contributed by atoms with van der Waals surface area (Å²) >= 11 is 0. The number of hydrogen-bond donors (Lipinski definition) is 2. The number of amides is 2. The molecule has 4 rings (SSSR count). The highest BCUT2D eigenvalue weighted by Crippen LogP contribution is 2.34. The first kappa shape index (κ1) is 17.7. The van der Waals surface area contributed by atoms with Crippen molar-refractivity contribution in [3.8, 4) is 0 Å². The van der Waals surface area contributed by atoms with Gasteiger partial charge >= 0.3 is 0 Å². The van der Waals surface area contributed by atoms with Crippen LogP contribution in [-0.4, -0.2) is 24.5 Å². The zero-order valence-corrected chi connectivity index (χ0v) is 14.8. The van der Waals surface area contributed by atoms with Gasteiger partial charge in [0.2, 0.25) is 11.8 Å². The summed E-state index contributed by atoms with van der Waals surface area (Å²) in [4.78, 5) is 25.1. The van der Waals surface area contributed by atoms with E-state index >= 15 is 0 Å². The third-order valence-electron chi connectivity index (χ3n) is 5.18. The molecule has 0 unspecified atom stereocenters. The molecular weight excluding hydrogens is 347 g/mol. The molecule has 2 aliphatic rings. The Morgan fingerprint density at radius 1 is 1.19 bits per heavy atom. The van der Waals surface area contributed by atoms with E-state index in [0.29, 0.717) is 12.3 Å². The lowest BCUT2D eigenvalue weighted by atomic mass is 9.89. The average Bonchev–Trinajstić information content (AvgIpc) is 3.20. The molecule has 1 fully saturated rings. The number of carbonyl (C=O) groups excluding carboxylic acids is 2. The molecule has 27 heavy (non-hydrogen) atoms. The standard InChI is InChI=1S/C21H21FN2O3/c22-14-9-7-13(8-10-14)20(18-6-3-11-27-18)24-21(26)16-12-19(25)23-17-5-2-1-4-15(16)17/h1-2,4-5,7-10,16,18,20H,3,6,11-12H2,(H,23,25)(H,24,26)/t16-,18+,20-/m0/s1. The van der Waals surface area contributed by atoms with Crippen LogP contribution in [0.25, 0.3) is 0 Å². The van der Waals surface area contributed by atoms with E-state index in [-0.39, 0.29) is 36.2 Å². The Balaban J connectivity index is 1.60. The number of anilines is 1. The van der Waals surface area contributed by atoms with Crippen molar-refractivity contribution in [3.63, 3.8) is 0 Å². The Morgan fingerprint density at radius 3 is 2.70 bits per heavy atom. The topological polar surface area (TPSA) is 67.4 Å². The van der Waals surface area contributed by atoms with Gasteiger partial charge in [-0.2, -0.15) is 0 Å². The monoisotopic (exact) mass is 368 g/mol. The highest BCUT2D eigenvalue weighted by atomic mass is 19.1. The van der Waals surface area contributed by atoms with E-state index in [9.17, 15) is 14.0 Å². The number of ether oxygens (including phenoxy) is 1. The minimum Gasteiger partial charge on any atom is -0.376 e. The Morgan fingerprint density at radius 2 is 1.96 bits per heavy atom. The number of carbonyl (C=O) groups is 2. The molecule has 0 bridgehead atoms. The van der Waals surface area contributed by atoms with Crippen LogP contribution < -0.4 is 10.6 Å². The quantitative estimate of drug-likeness (QED) is 0.870. The molecule has 2 aliphatic heterocycles. The number of hydrogen-bond acceptors (Lipinski definition) is 3. The SMILES string of the molecule is O=C1C[C@H](C(=O)N[C@@H](c2ccc(F)cc2)[C@H]2CCCO2)c2ccccc2N1. The molecular formula is C21H21FN2O3. The summed E-state index contributed by atoms with van der Waals surface area (Å²) in [5.74, 6) is -1.28. The van der Waals surface area contributed by atoms with Crippen LogP contribution in [0.4, 0.5) is 10.1 Å². The maximum absolute atomic E-state index is 13.3. The minimum absolute atomic E-state index is 0.102. The maximum Gasteiger partial charge on any atom is 0.228 e. The van der Waals surface area contributed by atoms with E-state index in [1.165, 1.54) is 12.1 Å². The van der Waals surface area contributed by atoms with Crippen molar-refractivity contribution >= 4 is 17.5 Å². The summed E-state index contributed by atoms with van der Waals surface area (Å²) in [5.41, 5.74) is 2.27. The van der Waals surface area contributed by atoms with Gasteiger partial charge < -0.3 is 15.4 Å². The van der Waals surface area contributed by atoms with Crippen LogP contribution in [0.15, 0.2) is 48.5 Å². The summed E-state index contributed by atoms with van der Waals surface area (Å²) in [6, 6.07) is 13.1. The average molecular weight is 368 g/mol. The van der Waals surface area contributed by atoms with E-state index in [1.54, 1.807) is 18.2 Å². The lowest BCUT2D eigenvalue weighted by molar-refractivity contribution is -0.127. The Kier molecular flexibility index (Phi) is 4.90. The van der Waals surface area contributed by atoms with Gasteiger partial charge in [0, 0.05) is 18.7 Å². The highest BCUT2D eigenvalue weighted by molar-refractivity contribution is 6.01. The van der Waals surface area contributed by atoms with E-state index in [0.717, 1.165) is 24.0 Å². The molecule has 0 aromatic heterocycles. The largest absolute Gasteiger partial charge is 0.376 e. The summed E-state index contributed by atoms with van der Waals surface area (Å²) in [5, 5.41) is 5.87. The molecule has 0 aliphatic carbocycles. The van der Waals surface area contributed by atoms with Gasteiger partial charge in [0.1, 0.15) is 5.82 Å². The van der Waals surface area contributed by atoms with E-state index in [4.69, 9.17) is 4.74 Å². The second-order valence-electron chi connectivity index (χ2n) is 6.98. The van der Waals surface area contributed by atoms with Crippen molar-refractivity contribution in [2.24, 2.45) is 0 Å². The Labute approximate surface area is 156 Å². The number of benzene rings is 2. The van der Waals surface area contributed by atoms with Crippen molar-refractivity contribution < 1.29 is 18.7 Å². The Hall–Kier alpha value is -2.73. The van der Waals surface area contributed by atoms with Crippen LogP contribution in [0.3, 0.4) is 0 Å². The fourth-order valence-electron chi connectivity index (χ4n) is 3.83. The van der Waals surface area contributed by atoms with Gasteiger partial charge in [0.05, 0.1) is 18.1 Å². The molecule has 2 amide bonds. The van der Waals surface area contributed by atoms with Crippen molar-refractivity contribution in [2.75, 3.05) is 11.9 Å². The van der Waals surface area contributed by atoms with Gasteiger partial charge in [-0.15, -0.1) is 0 Å². The lowest BCUT2D eigenvalue weighted by Gasteiger charge is -2.29. The van der Waals surface area contributed by atoms with Gasteiger partial charge in [0.25, 0.3) is 0 Å². The third kappa shape index (κ3) is 3.71. The number of para-hydroxylation sites is 1. The fourth-order valence-corrected chi connectivity index (χ4v) is 3.83. The highest BCUT2D eigenvalue weighted by Gasteiger charge is 2.34. The molecule has 0 radical (unpaired) electrons. The Bertz CT molecular complexity index is 847. The minimum atomic E-state index is -0.556. The van der Waals surface area contributed by atoms with Crippen LogP contribution in [0.2, 0.25) is 0 Å². The van der Waals surface area contributed by atoms with Crippen molar-refractivity contribution in [1.29, 1.82) is 0 Å². The molecule has 1 saturated heterocycles. The zero-order valence-electron chi connectivity index (χ0n) is 14.8. The first-order valence-corrected chi connectivity index (χ1v) is 9.18. The van der Waals surface area contributed by atoms with E-state index < -0.39 is 5.92 Å². The molecule has 3 atom stereocenters. The van der Waals surface area contributed by atoms with Crippen molar-refractivity contribution in [2.45, 2.75) is 37.3 Å². The number of fused-ring (bicyclic) bond motifs is 1. The fraction of sp³-hybridized carbons (Fsp3) is 0.333. The second-order valence-corrected chi connectivity index (χ2v) is 6.98. The molecule has 6 heteroatoms. The van der Waals surface area contributed by atoms with Crippen LogP contribution in [-0.2, 0) is 14.3 Å². The predicted molar refractivity (Wildman–Crippen MR) is 98.7 cm³/mol. The molecule has 2 aromatic carbocycles. The van der Waals surface area contributed by atoms with Gasteiger partial charge in [-0.25, -0.2) is 4.39 Å². The zero-order chi connectivity index (χ0) is 18.8. The van der Waals surface area contributed by atoms with Gasteiger partial charge in [0.15, 0.2) is 0 Å². The number of rotatable bonds is 4. The number of nitrogens with one attached hydrogen (secondary N) is 2. The van der Waals surface area contributed by atoms with Crippen molar-refractivity contribution in [1.82, 2.24) is 5.32 Å². The van der Waals surface area contributed by atoms with E-state index in [2.05, 4.69) is 10.6 Å². The summed E-state index contributed by atoms with van der Waals surface area (Å²) in [6.45, 7) is 0.646. The molecule has 2 heterocycles. The predicted octanol–water partition coefficient (Wildman–Crippen LogP) is 3.29. The molecule has 0 saturated carbocycles. The van der Waals surface area contributed by atoms with Crippen molar-refractivity contribution in [3.05, 3.63) is 65.5 Å². The molecule has 5 nitrogen and oxygen atoms in total. The van der Waals surface area contributed by atoms with Gasteiger partial charge in [-0.1, -0.05) is 30.3 Å². The molecule has 0 spiro atoms. The lowest BCUT2D eigenvalue weighted by Crippen LogP contribution is -2.41. The molecule has 2 aromatic rings. The molecule has 2 N–H and O–H groups in total. The van der Waals surface area contributed by atoms with Crippen LogP contribution >= 0.6 is 0 Å². The maximum atomic E-state index is 13.3. The van der Waals surface area contributed by atoms with Crippen LogP contribution in [0.1, 0.15) is 42.3 Å². The third-order valence-corrected chi connectivity index (χ3v) is 5.18. The summed E-state index contributed by atoms with van der Waals surface area (Å²) < 4.78 is 19.1. The van der Waals surface area contributed by atoms with Crippen LogP contribution in [0.5, 0.6) is 0 Å². The van der Waals surface area contributed by atoms with Crippen LogP contribution in [0, 0.1) is 5.82 Å². The number of halogens is 1. The van der Waals surface area contributed by atoms with Gasteiger partial charge in [-0.3, -0.25) is 9.59 Å². The summed E-state index contributed by atoms with van der Waals surface area (Å²) in [7, 11) is 0. The first-order valence-electron chi connectivity index (χ1n) is 9.18. The second kappa shape index (κ2) is 7.48. The summed E-state index contributed by atoms with van der Waals surface area (Å²) in [6.07, 6.45) is 1.69. The molecule has 140 valence electrons.